The number of likely N-dealkylation sites (N-methyl/N-ethyl adjacent to an activating group) is 1. The summed E-state index contributed by atoms with van der Waals surface area (Å²) in [6.45, 7) is 13.9. The first-order valence-corrected chi connectivity index (χ1v) is 15.4. The molecule has 2 saturated heterocycles. The van der Waals surface area contributed by atoms with Crippen molar-refractivity contribution in [1.82, 2.24) is 29.7 Å². The number of fused-ring (bicyclic) bond motifs is 1. The summed E-state index contributed by atoms with van der Waals surface area (Å²) in [7, 11) is 2.19. The van der Waals surface area contributed by atoms with E-state index in [1.807, 2.05) is 45.2 Å². The van der Waals surface area contributed by atoms with E-state index in [0.29, 0.717) is 24.0 Å². The Morgan fingerprint density at radius 2 is 1.98 bits per heavy atom. The number of rotatable bonds is 8. The van der Waals surface area contributed by atoms with E-state index in [9.17, 15) is 10.1 Å². The predicted octanol–water partition coefficient (Wildman–Crippen LogP) is 4.17. The molecule has 2 aliphatic heterocycles. The minimum Gasteiger partial charge on any atom is -0.492 e. The van der Waals surface area contributed by atoms with Crippen molar-refractivity contribution in [3.63, 3.8) is 0 Å². The molecule has 0 radical (unpaired) electrons. The summed E-state index contributed by atoms with van der Waals surface area (Å²) in [5.74, 6) is 1.57. The summed E-state index contributed by atoms with van der Waals surface area (Å²) in [6.07, 6.45) is 7.41. The smallest absolute Gasteiger partial charge is 0.407 e. The number of pyridine rings is 2. The van der Waals surface area contributed by atoms with Crippen LogP contribution in [-0.2, 0) is 4.74 Å². The standard InChI is InChI=1S/C32H44N8O3/c1-6-42-27-17-28(30-26(18-33)20-35-40(30)21-27)25-7-8-29(34-19-25)39-13-10-32(11-14-39,36-31(41)43-23(2)3)22-38-12-9-24(4)37(5)15-16-38/h7-8,17,19-21,23-24H,6,9-16,22H2,1-5H3,(H,36,41)/t24-/m0/s1. The van der Waals surface area contributed by atoms with Gasteiger partial charge in [-0.05, 0) is 78.7 Å². The number of carbonyl (C=O) groups is 1. The van der Waals surface area contributed by atoms with Crippen LogP contribution in [0.25, 0.3) is 16.6 Å². The van der Waals surface area contributed by atoms with Crippen LogP contribution in [-0.4, -0.2) is 101 Å². The molecule has 2 fully saturated rings. The minimum absolute atomic E-state index is 0.171. The largest absolute Gasteiger partial charge is 0.492 e. The number of nitrogens with one attached hydrogen (secondary N) is 1. The highest BCUT2D eigenvalue weighted by molar-refractivity contribution is 5.85. The van der Waals surface area contributed by atoms with E-state index in [0.717, 1.165) is 81.0 Å². The number of amides is 1. The van der Waals surface area contributed by atoms with Crippen LogP contribution in [0.5, 0.6) is 5.75 Å². The molecule has 1 N–H and O–H groups in total. The normalized spacial score (nSPS) is 19.7. The molecule has 0 spiro atoms. The average molecular weight is 589 g/mol. The van der Waals surface area contributed by atoms with E-state index < -0.39 is 0 Å². The van der Waals surface area contributed by atoms with Gasteiger partial charge in [-0.2, -0.15) is 10.4 Å². The van der Waals surface area contributed by atoms with Crippen molar-refractivity contribution < 1.29 is 14.3 Å². The zero-order chi connectivity index (χ0) is 30.6. The van der Waals surface area contributed by atoms with E-state index in [4.69, 9.17) is 14.5 Å². The molecule has 5 heterocycles. The molecule has 230 valence electrons. The molecular formula is C32H44N8O3. The van der Waals surface area contributed by atoms with Gasteiger partial charge in [0, 0.05) is 56.1 Å². The highest BCUT2D eigenvalue weighted by Gasteiger charge is 2.39. The van der Waals surface area contributed by atoms with Crippen LogP contribution in [0.1, 0.15) is 52.5 Å². The topological polar surface area (TPSA) is 111 Å². The lowest BCUT2D eigenvalue weighted by Crippen LogP contribution is -2.61. The Balaban J connectivity index is 1.33. The van der Waals surface area contributed by atoms with Gasteiger partial charge in [-0.25, -0.2) is 14.3 Å². The first-order valence-electron chi connectivity index (χ1n) is 15.4. The number of aromatic nitrogens is 3. The summed E-state index contributed by atoms with van der Waals surface area (Å²) in [6, 6.07) is 8.80. The fourth-order valence-corrected chi connectivity index (χ4v) is 6.13. The second-order valence-corrected chi connectivity index (χ2v) is 12.1. The molecule has 0 aromatic carbocycles. The van der Waals surface area contributed by atoms with Crippen molar-refractivity contribution in [3.8, 4) is 22.9 Å². The molecule has 11 heteroatoms. The van der Waals surface area contributed by atoms with Gasteiger partial charge in [0.15, 0.2) is 0 Å². The summed E-state index contributed by atoms with van der Waals surface area (Å²) >= 11 is 0. The molecule has 1 amide bonds. The van der Waals surface area contributed by atoms with Gasteiger partial charge in [0.25, 0.3) is 0 Å². The summed E-state index contributed by atoms with van der Waals surface area (Å²) in [5.41, 5.74) is 2.61. The molecular weight excluding hydrogens is 544 g/mol. The number of hydrogen-bond acceptors (Lipinski definition) is 9. The number of anilines is 1. The van der Waals surface area contributed by atoms with Crippen molar-refractivity contribution in [2.24, 2.45) is 0 Å². The van der Waals surface area contributed by atoms with Crippen molar-refractivity contribution >= 4 is 17.4 Å². The monoisotopic (exact) mass is 588 g/mol. The molecule has 5 rings (SSSR count). The van der Waals surface area contributed by atoms with Gasteiger partial charge in [-0.1, -0.05) is 0 Å². The number of hydrogen-bond donors (Lipinski definition) is 1. The molecule has 43 heavy (non-hydrogen) atoms. The van der Waals surface area contributed by atoms with Gasteiger partial charge in [0.2, 0.25) is 0 Å². The number of alkyl carbamates (subject to hydrolysis) is 1. The Bertz CT molecular complexity index is 1430. The SMILES string of the molecule is CCOc1cc(-c2ccc(N3CCC(CN4CC[C@H](C)N(C)CC4)(NC(=O)OC(C)C)CC3)nc2)c2c(C#N)cnn2c1. The van der Waals surface area contributed by atoms with Gasteiger partial charge in [0.1, 0.15) is 17.6 Å². The number of ether oxygens (including phenoxy) is 2. The number of piperidine rings is 1. The van der Waals surface area contributed by atoms with E-state index in [1.54, 1.807) is 16.9 Å². The van der Waals surface area contributed by atoms with Crippen LogP contribution in [0.15, 0.2) is 36.8 Å². The molecule has 0 unspecified atom stereocenters. The van der Waals surface area contributed by atoms with Gasteiger partial charge in [-0.15, -0.1) is 0 Å². The Morgan fingerprint density at radius 1 is 1.19 bits per heavy atom. The van der Waals surface area contributed by atoms with Gasteiger partial charge in [0.05, 0.1) is 41.7 Å². The third kappa shape index (κ3) is 7.03. The highest BCUT2D eigenvalue weighted by Crippen LogP contribution is 2.33. The molecule has 2 aliphatic rings. The van der Waals surface area contributed by atoms with E-state index >= 15 is 0 Å². The Labute approximate surface area is 254 Å². The third-order valence-corrected chi connectivity index (χ3v) is 8.74. The predicted molar refractivity (Wildman–Crippen MR) is 166 cm³/mol. The maximum atomic E-state index is 12.8. The van der Waals surface area contributed by atoms with Gasteiger partial charge < -0.3 is 24.6 Å². The number of nitrogens with zero attached hydrogens (tertiary/aromatic N) is 7. The number of nitriles is 1. The summed E-state index contributed by atoms with van der Waals surface area (Å²) < 4.78 is 13.0. The fraction of sp³-hybridized carbons (Fsp3) is 0.562. The van der Waals surface area contributed by atoms with Crippen LogP contribution in [0.2, 0.25) is 0 Å². The Morgan fingerprint density at radius 3 is 2.65 bits per heavy atom. The van der Waals surface area contributed by atoms with E-state index in [-0.39, 0.29) is 17.7 Å². The first-order chi connectivity index (χ1) is 20.7. The number of carbonyl (C=O) groups excluding carboxylic acids is 1. The maximum absolute atomic E-state index is 12.8. The fourth-order valence-electron chi connectivity index (χ4n) is 6.13. The van der Waals surface area contributed by atoms with Crippen LogP contribution < -0.4 is 15.0 Å². The Hall–Kier alpha value is -3.88. The van der Waals surface area contributed by atoms with Gasteiger partial charge >= 0.3 is 6.09 Å². The summed E-state index contributed by atoms with van der Waals surface area (Å²) in [5, 5.41) is 17.3. The summed E-state index contributed by atoms with van der Waals surface area (Å²) in [4.78, 5) is 24.9. The van der Waals surface area contributed by atoms with Crippen molar-refractivity contribution in [3.05, 3.63) is 42.4 Å². The maximum Gasteiger partial charge on any atom is 0.407 e. The zero-order valence-corrected chi connectivity index (χ0v) is 26.0. The van der Waals surface area contributed by atoms with E-state index in [2.05, 4.69) is 45.2 Å². The lowest BCUT2D eigenvalue weighted by molar-refractivity contribution is 0.0889. The van der Waals surface area contributed by atoms with Crippen LogP contribution in [0.4, 0.5) is 10.6 Å². The third-order valence-electron chi connectivity index (χ3n) is 8.74. The molecule has 0 saturated carbocycles. The van der Waals surface area contributed by atoms with Crippen molar-refractivity contribution in [1.29, 1.82) is 5.26 Å². The van der Waals surface area contributed by atoms with Crippen LogP contribution >= 0.6 is 0 Å². The molecule has 11 nitrogen and oxygen atoms in total. The van der Waals surface area contributed by atoms with Crippen LogP contribution in [0.3, 0.4) is 0 Å². The second kappa shape index (κ2) is 13.2. The molecule has 1 atom stereocenters. The minimum atomic E-state index is -0.365. The molecule has 3 aromatic heterocycles. The van der Waals surface area contributed by atoms with Crippen molar-refractivity contribution in [2.45, 2.75) is 64.6 Å². The van der Waals surface area contributed by atoms with E-state index in [1.165, 1.54) is 0 Å². The van der Waals surface area contributed by atoms with Crippen LogP contribution in [0, 0.1) is 11.3 Å². The lowest BCUT2D eigenvalue weighted by Gasteiger charge is -2.45. The highest BCUT2D eigenvalue weighted by atomic mass is 16.6. The quantitative estimate of drug-likeness (QED) is 0.415. The Kier molecular flexibility index (Phi) is 9.37. The molecule has 0 aliphatic carbocycles. The van der Waals surface area contributed by atoms with Crippen molar-refractivity contribution in [2.75, 3.05) is 57.8 Å². The molecule has 0 bridgehead atoms. The lowest BCUT2D eigenvalue weighted by atomic mass is 9.86. The molecule has 3 aromatic rings. The second-order valence-electron chi connectivity index (χ2n) is 12.1. The first kappa shape index (κ1) is 30.6. The zero-order valence-electron chi connectivity index (χ0n) is 26.0. The van der Waals surface area contributed by atoms with Gasteiger partial charge in [-0.3, -0.25) is 4.90 Å². The average Bonchev–Trinajstić information content (AvgIpc) is 3.34.